The van der Waals surface area contributed by atoms with Crippen LogP contribution in [0.1, 0.15) is 34.1 Å². The molecule has 0 aromatic heterocycles. The number of nitrogens with zero attached hydrogens (tertiary/aromatic N) is 1. The highest BCUT2D eigenvalue weighted by Crippen LogP contribution is 2.01. The van der Waals surface area contributed by atoms with Crippen molar-refractivity contribution in [3.63, 3.8) is 0 Å². The molecule has 0 aliphatic carbocycles. The van der Waals surface area contributed by atoms with Crippen LogP contribution in [0.5, 0.6) is 0 Å². The molecular weight excluding hydrogens is 146 g/mol. The van der Waals surface area contributed by atoms with Gasteiger partial charge < -0.3 is 4.90 Å². The maximum Gasteiger partial charge on any atom is 0.00556 e. The molecule has 0 bridgehead atoms. The van der Waals surface area contributed by atoms with Crippen molar-refractivity contribution in [2.24, 2.45) is 0 Å². The topological polar surface area (TPSA) is 3.24 Å². The van der Waals surface area contributed by atoms with Gasteiger partial charge in [0.25, 0.3) is 0 Å². The number of allylic oxidation sites excluding steroid dienone is 3. The van der Waals surface area contributed by atoms with E-state index in [4.69, 9.17) is 0 Å². The van der Waals surface area contributed by atoms with E-state index in [2.05, 4.69) is 32.2 Å². The van der Waals surface area contributed by atoms with Gasteiger partial charge in [-0.1, -0.05) is 32.4 Å². The van der Waals surface area contributed by atoms with Gasteiger partial charge in [0.2, 0.25) is 0 Å². The summed E-state index contributed by atoms with van der Waals surface area (Å²) in [5.41, 5.74) is 1.38. The molecule has 1 heteroatoms. The van der Waals surface area contributed by atoms with Crippen molar-refractivity contribution in [1.29, 1.82) is 0 Å². The summed E-state index contributed by atoms with van der Waals surface area (Å²) in [6.45, 7) is 8.23. The molecule has 0 unspecified atom stereocenters. The number of rotatable bonds is 3. The highest BCUT2D eigenvalue weighted by molar-refractivity contribution is 5.16. The zero-order valence-corrected chi connectivity index (χ0v) is 9.39. The van der Waals surface area contributed by atoms with Crippen LogP contribution in [0.2, 0.25) is 0 Å². The summed E-state index contributed by atoms with van der Waals surface area (Å²) in [6.07, 6.45) is 7.46. The molecule has 0 spiro atoms. The molecule has 0 saturated heterocycles. The summed E-state index contributed by atoms with van der Waals surface area (Å²) in [6, 6.07) is 0. The van der Waals surface area contributed by atoms with Gasteiger partial charge in [-0.2, -0.15) is 0 Å². The SMILES string of the molecule is C/C=C(\C=C/N(C)C)CC.CC. The van der Waals surface area contributed by atoms with Crippen molar-refractivity contribution in [3.8, 4) is 0 Å². The number of hydrogen-bond donors (Lipinski definition) is 0. The van der Waals surface area contributed by atoms with Crippen LogP contribution >= 0.6 is 0 Å². The average Bonchev–Trinajstić information content (AvgIpc) is 2.09. The lowest BCUT2D eigenvalue weighted by atomic mass is 10.2. The molecule has 0 saturated carbocycles. The standard InChI is InChI=1S/C9H17N.C2H6/c1-5-9(6-2)7-8-10(3)4;1-2/h5,7-8H,6H2,1-4H3;1-2H3/b8-7-,9-5-;. The van der Waals surface area contributed by atoms with Gasteiger partial charge in [-0.3, -0.25) is 0 Å². The first-order valence-corrected chi connectivity index (χ1v) is 4.70. The maximum atomic E-state index is 2.16. The molecule has 0 heterocycles. The largest absolute Gasteiger partial charge is 0.383 e. The van der Waals surface area contributed by atoms with Gasteiger partial charge in [-0.15, -0.1) is 0 Å². The Bertz CT molecular complexity index is 132. The monoisotopic (exact) mass is 169 g/mol. The summed E-state index contributed by atoms with van der Waals surface area (Å²) in [5, 5.41) is 0. The van der Waals surface area contributed by atoms with Gasteiger partial charge in [-0.25, -0.2) is 0 Å². The van der Waals surface area contributed by atoms with E-state index in [-0.39, 0.29) is 0 Å². The molecule has 0 amide bonds. The summed E-state index contributed by atoms with van der Waals surface area (Å²) in [4.78, 5) is 2.04. The number of hydrogen-bond acceptors (Lipinski definition) is 1. The molecule has 0 N–H and O–H groups in total. The van der Waals surface area contributed by atoms with E-state index in [1.165, 1.54) is 5.57 Å². The van der Waals surface area contributed by atoms with Crippen molar-refractivity contribution in [1.82, 2.24) is 4.90 Å². The van der Waals surface area contributed by atoms with E-state index in [0.29, 0.717) is 0 Å². The lowest BCUT2D eigenvalue weighted by Crippen LogP contribution is -1.99. The minimum atomic E-state index is 1.11. The van der Waals surface area contributed by atoms with E-state index in [9.17, 15) is 0 Å². The summed E-state index contributed by atoms with van der Waals surface area (Å²) < 4.78 is 0. The summed E-state index contributed by atoms with van der Waals surface area (Å²) in [7, 11) is 4.05. The van der Waals surface area contributed by atoms with Crippen LogP contribution in [-0.2, 0) is 0 Å². The molecule has 0 radical (unpaired) electrons. The Hall–Kier alpha value is -0.720. The molecule has 0 aliphatic heterocycles. The van der Waals surface area contributed by atoms with Gasteiger partial charge in [0.15, 0.2) is 0 Å². The van der Waals surface area contributed by atoms with Crippen LogP contribution in [0.3, 0.4) is 0 Å². The first-order chi connectivity index (χ1) is 5.70. The Kier molecular flexibility index (Phi) is 11.9. The molecule has 0 rings (SSSR count). The third-order valence-electron chi connectivity index (χ3n) is 1.37. The van der Waals surface area contributed by atoms with Gasteiger partial charge in [-0.05, 0) is 25.6 Å². The van der Waals surface area contributed by atoms with Crippen molar-refractivity contribution in [2.75, 3.05) is 14.1 Å². The van der Waals surface area contributed by atoms with Crippen molar-refractivity contribution in [2.45, 2.75) is 34.1 Å². The third kappa shape index (κ3) is 9.28. The highest BCUT2D eigenvalue weighted by atomic mass is 15.0. The average molecular weight is 169 g/mol. The second-order valence-electron chi connectivity index (χ2n) is 2.50. The second-order valence-corrected chi connectivity index (χ2v) is 2.50. The Morgan fingerprint density at radius 1 is 1.25 bits per heavy atom. The maximum absolute atomic E-state index is 2.16. The molecule has 0 aromatic carbocycles. The smallest absolute Gasteiger partial charge is 0.00556 e. The first kappa shape index (κ1) is 13.8. The van der Waals surface area contributed by atoms with Gasteiger partial charge in [0, 0.05) is 14.1 Å². The Morgan fingerprint density at radius 2 is 1.75 bits per heavy atom. The van der Waals surface area contributed by atoms with E-state index >= 15 is 0 Å². The molecule has 0 atom stereocenters. The van der Waals surface area contributed by atoms with E-state index in [0.717, 1.165) is 6.42 Å². The predicted octanol–water partition coefficient (Wildman–Crippen LogP) is 3.44. The molecule has 12 heavy (non-hydrogen) atoms. The fraction of sp³-hybridized carbons (Fsp3) is 0.636. The first-order valence-electron chi connectivity index (χ1n) is 4.70. The zero-order valence-electron chi connectivity index (χ0n) is 9.39. The summed E-state index contributed by atoms with van der Waals surface area (Å²) >= 11 is 0. The van der Waals surface area contributed by atoms with Crippen molar-refractivity contribution < 1.29 is 0 Å². The van der Waals surface area contributed by atoms with Crippen LogP contribution < -0.4 is 0 Å². The van der Waals surface area contributed by atoms with E-state index in [1.807, 2.05) is 32.8 Å². The molecular formula is C11H23N. The highest BCUT2D eigenvalue weighted by Gasteiger charge is 1.83. The Labute approximate surface area is 77.8 Å². The quantitative estimate of drug-likeness (QED) is 0.585. The van der Waals surface area contributed by atoms with E-state index < -0.39 is 0 Å². The zero-order chi connectivity index (χ0) is 9.98. The fourth-order valence-electron chi connectivity index (χ4n) is 0.663. The molecule has 0 fully saturated rings. The lowest BCUT2D eigenvalue weighted by Gasteiger charge is -2.03. The van der Waals surface area contributed by atoms with Gasteiger partial charge in [0.05, 0.1) is 0 Å². The normalized spacial score (nSPS) is 11.0. The minimum absolute atomic E-state index is 1.11. The summed E-state index contributed by atoms with van der Waals surface area (Å²) in [5.74, 6) is 0. The van der Waals surface area contributed by atoms with Crippen LogP contribution in [0.15, 0.2) is 23.9 Å². The lowest BCUT2D eigenvalue weighted by molar-refractivity contribution is 0.563. The van der Waals surface area contributed by atoms with Gasteiger partial charge in [0.1, 0.15) is 0 Å². The van der Waals surface area contributed by atoms with Crippen LogP contribution in [0.4, 0.5) is 0 Å². The molecule has 0 aromatic rings. The van der Waals surface area contributed by atoms with Crippen LogP contribution in [0, 0.1) is 0 Å². The van der Waals surface area contributed by atoms with Crippen molar-refractivity contribution >= 4 is 0 Å². The second kappa shape index (κ2) is 10.3. The predicted molar refractivity (Wildman–Crippen MR) is 58.2 cm³/mol. The Morgan fingerprint density at radius 3 is 2.00 bits per heavy atom. The molecule has 1 nitrogen and oxygen atoms in total. The molecule has 0 aliphatic rings. The molecule has 72 valence electrons. The van der Waals surface area contributed by atoms with Crippen molar-refractivity contribution in [3.05, 3.63) is 23.9 Å². The Balaban J connectivity index is 0. The third-order valence-corrected chi connectivity index (χ3v) is 1.37. The van der Waals surface area contributed by atoms with Gasteiger partial charge >= 0.3 is 0 Å². The van der Waals surface area contributed by atoms with Crippen LogP contribution in [0.25, 0.3) is 0 Å². The van der Waals surface area contributed by atoms with E-state index in [1.54, 1.807) is 0 Å². The fourth-order valence-corrected chi connectivity index (χ4v) is 0.663. The minimum Gasteiger partial charge on any atom is -0.383 e. The van der Waals surface area contributed by atoms with Crippen LogP contribution in [-0.4, -0.2) is 19.0 Å².